The third kappa shape index (κ3) is 1.47. The topological polar surface area (TPSA) is 26.0 Å². The van der Waals surface area contributed by atoms with Gasteiger partial charge in [-0.1, -0.05) is 23.7 Å². The summed E-state index contributed by atoms with van der Waals surface area (Å²) in [7, 11) is 0. The molecule has 2 heteroatoms. The van der Waals surface area contributed by atoms with E-state index in [9.17, 15) is 0 Å². The Kier molecular flexibility index (Phi) is 2.07. The maximum atomic E-state index is 5.78. The van der Waals surface area contributed by atoms with Crippen molar-refractivity contribution in [1.29, 1.82) is 0 Å². The summed E-state index contributed by atoms with van der Waals surface area (Å²) in [6.45, 7) is 0.813. The number of halogens is 1. The van der Waals surface area contributed by atoms with Crippen molar-refractivity contribution in [3.8, 4) is 0 Å². The Morgan fingerprint density at radius 3 is 2.50 bits per heavy atom. The van der Waals surface area contributed by atoms with E-state index in [4.69, 9.17) is 17.3 Å². The number of nitrogens with two attached hydrogens (primary N) is 1. The number of benzene rings is 1. The molecule has 0 aliphatic heterocycles. The smallest absolute Gasteiger partial charge is 0.0406 e. The molecular formula is C10H12ClN. The SMILES string of the molecule is NC[C@H]1C[C@@H]1c1ccc(Cl)cc1. The fraction of sp³-hybridized carbons (Fsp3) is 0.400. The van der Waals surface area contributed by atoms with Gasteiger partial charge in [0.1, 0.15) is 0 Å². The highest BCUT2D eigenvalue weighted by atomic mass is 35.5. The first kappa shape index (κ1) is 8.09. The lowest BCUT2D eigenvalue weighted by Crippen LogP contribution is -2.01. The summed E-state index contributed by atoms with van der Waals surface area (Å²) in [5.41, 5.74) is 6.95. The molecule has 1 nitrogen and oxygen atoms in total. The van der Waals surface area contributed by atoms with Gasteiger partial charge in [-0.25, -0.2) is 0 Å². The Hall–Kier alpha value is -0.530. The van der Waals surface area contributed by atoms with Crippen molar-refractivity contribution in [2.24, 2.45) is 11.7 Å². The molecule has 12 heavy (non-hydrogen) atoms. The van der Waals surface area contributed by atoms with E-state index in [0.29, 0.717) is 11.8 Å². The molecule has 0 spiro atoms. The van der Waals surface area contributed by atoms with Gasteiger partial charge >= 0.3 is 0 Å². The second-order valence-corrected chi connectivity index (χ2v) is 3.83. The first-order valence-corrected chi connectivity index (χ1v) is 4.64. The Bertz CT molecular complexity index is 268. The van der Waals surface area contributed by atoms with Crippen LogP contribution in [0.1, 0.15) is 17.9 Å². The minimum Gasteiger partial charge on any atom is -0.330 e. The van der Waals surface area contributed by atoms with Gasteiger partial charge in [0.15, 0.2) is 0 Å². The van der Waals surface area contributed by atoms with Crippen molar-refractivity contribution in [2.45, 2.75) is 12.3 Å². The van der Waals surface area contributed by atoms with Crippen molar-refractivity contribution >= 4 is 11.6 Å². The van der Waals surface area contributed by atoms with E-state index in [1.54, 1.807) is 0 Å². The molecule has 2 N–H and O–H groups in total. The van der Waals surface area contributed by atoms with Crippen LogP contribution in [0.4, 0.5) is 0 Å². The molecule has 2 atom stereocenters. The fourth-order valence-electron chi connectivity index (χ4n) is 1.63. The molecule has 1 aliphatic carbocycles. The lowest BCUT2D eigenvalue weighted by Gasteiger charge is -1.98. The largest absolute Gasteiger partial charge is 0.330 e. The Balaban J connectivity index is 2.10. The minimum atomic E-state index is 0.701. The van der Waals surface area contributed by atoms with Gasteiger partial charge in [-0.05, 0) is 42.5 Å². The van der Waals surface area contributed by atoms with Gasteiger partial charge < -0.3 is 5.73 Å². The highest BCUT2D eigenvalue weighted by Crippen LogP contribution is 2.46. The van der Waals surface area contributed by atoms with Crippen molar-refractivity contribution in [2.75, 3.05) is 6.54 Å². The van der Waals surface area contributed by atoms with Gasteiger partial charge in [0.05, 0.1) is 0 Å². The number of hydrogen-bond acceptors (Lipinski definition) is 1. The zero-order valence-corrected chi connectivity index (χ0v) is 7.59. The summed E-state index contributed by atoms with van der Waals surface area (Å²) in [4.78, 5) is 0. The third-order valence-electron chi connectivity index (χ3n) is 2.52. The fourth-order valence-corrected chi connectivity index (χ4v) is 1.75. The van der Waals surface area contributed by atoms with Crippen LogP contribution in [-0.4, -0.2) is 6.54 Å². The number of hydrogen-bond donors (Lipinski definition) is 1. The molecule has 1 aromatic carbocycles. The first-order chi connectivity index (χ1) is 5.81. The molecule has 0 unspecified atom stereocenters. The molecular weight excluding hydrogens is 170 g/mol. The van der Waals surface area contributed by atoms with E-state index >= 15 is 0 Å². The van der Waals surface area contributed by atoms with Crippen LogP contribution >= 0.6 is 11.6 Å². The monoisotopic (exact) mass is 181 g/mol. The van der Waals surface area contributed by atoms with Crippen molar-refractivity contribution in [3.05, 3.63) is 34.9 Å². The van der Waals surface area contributed by atoms with E-state index < -0.39 is 0 Å². The highest BCUT2D eigenvalue weighted by Gasteiger charge is 2.36. The van der Waals surface area contributed by atoms with Crippen LogP contribution < -0.4 is 5.73 Å². The van der Waals surface area contributed by atoms with E-state index in [1.807, 2.05) is 12.1 Å². The molecule has 0 radical (unpaired) electrons. The van der Waals surface area contributed by atoms with Gasteiger partial charge in [-0.2, -0.15) is 0 Å². The molecule has 1 fully saturated rings. The molecule has 0 bridgehead atoms. The van der Waals surface area contributed by atoms with E-state index in [1.165, 1.54) is 12.0 Å². The molecule has 2 rings (SSSR count). The summed E-state index contributed by atoms with van der Waals surface area (Å²) in [5, 5.41) is 0.809. The van der Waals surface area contributed by atoms with Gasteiger partial charge in [-0.15, -0.1) is 0 Å². The highest BCUT2D eigenvalue weighted by molar-refractivity contribution is 6.30. The average molecular weight is 182 g/mol. The maximum absolute atomic E-state index is 5.78. The van der Waals surface area contributed by atoms with Crippen molar-refractivity contribution in [1.82, 2.24) is 0 Å². The lowest BCUT2D eigenvalue weighted by molar-refractivity contribution is 0.810. The minimum absolute atomic E-state index is 0.701. The summed E-state index contributed by atoms with van der Waals surface area (Å²) in [6, 6.07) is 8.09. The standard InChI is InChI=1S/C10H12ClN/c11-9-3-1-7(2-4-9)10-5-8(10)6-12/h1-4,8,10H,5-6,12H2/t8-,10-/m1/s1. The quantitative estimate of drug-likeness (QED) is 0.745. The second kappa shape index (κ2) is 3.08. The molecule has 64 valence electrons. The van der Waals surface area contributed by atoms with Gasteiger partial charge in [0, 0.05) is 5.02 Å². The lowest BCUT2D eigenvalue weighted by atomic mass is 10.1. The van der Waals surface area contributed by atoms with Crippen LogP contribution in [0.5, 0.6) is 0 Å². The second-order valence-electron chi connectivity index (χ2n) is 3.39. The maximum Gasteiger partial charge on any atom is 0.0406 e. The van der Waals surface area contributed by atoms with E-state index in [2.05, 4.69) is 12.1 Å². The van der Waals surface area contributed by atoms with Crippen LogP contribution in [0, 0.1) is 5.92 Å². The first-order valence-electron chi connectivity index (χ1n) is 4.27. The van der Waals surface area contributed by atoms with Gasteiger partial charge in [0.25, 0.3) is 0 Å². The summed E-state index contributed by atoms with van der Waals surface area (Å²) in [6.07, 6.45) is 1.25. The third-order valence-corrected chi connectivity index (χ3v) is 2.78. The zero-order chi connectivity index (χ0) is 8.55. The molecule has 0 amide bonds. The van der Waals surface area contributed by atoms with E-state index in [-0.39, 0.29) is 0 Å². The molecule has 1 saturated carbocycles. The summed E-state index contributed by atoms with van der Waals surface area (Å²) in [5.74, 6) is 1.42. The summed E-state index contributed by atoms with van der Waals surface area (Å²) >= 11 is 5.78. The molecule has 0 heterocycles. The normalized spacial score (nSPS) is 27.2. The predicted octanol–water partition coefficient (Wildman–Crippen LogP) is 2.40. The van der Waals surface area contributed by atoms with Crippen LogP contribution in [0.3, 0.4) is 0 Å². The van der Waals surface area contributed by atoms with Crippen LogP contribution in [-0.2, 0) is 0 Å². The molecule has 0 aromatic heterocycles. The van der Waals surface area contributed by atoms with Crippen LogP contribution in [0.15, 0.2) is 24.3 Å². The molecule has 1 aliphatic rings. The average Bonchev–Trinajstić information content (AvgIpc) is 2.85. The number of rotatable bonds is 2. The van der Waals surface area contributed by atoms with Crippen molar-refractivity contribution in [3.63, 3.8) is 0 Å². The van der Waals surface area contributed by atoms with E-state index in [0.717, 1.165) is 11.6 Å². The zero-order valence-electron chi connectivity index (χ0n) is 6.83. The van der Waals surface area contributed by atoms with Crippen LogP contribution in [0.25, 0.3) is 0 Å². The molecule has 1 aromatic rings. The predicted molar refractivity (Wildman–Crippen MR) is 51.4 cm³/mol. The van der Waals surface area contributed by atoms with Gasteiger partial charge in [0.2, 0.25) is 0 Å². The Morgan fingerprint density at radius 1 is 1.33 bits per heavy atom. The van der Waals surface area contributed by atoms with Crippen molar-refractivity contribution < 1.29 is 0 Å². The Morgan fingerprint density at radius 2 is 2.00 bits per heavy atom. The van der Waals surface area contributed by atoms with Gasteiger partial charge in [-0.3, -0.25) is 0 Å². The Labute approximate surface area is 77.5 Å². The molecule has 0 saturated heterocycles. The van der Waals surface area contributed by atoms with Crippen LogP contribution in [0.2, 0.25) is 5.02 Å². The summed E-state index contributed by atoms with van der Waals surface area (Å²) < 4.78 is 0.